The lowest BCUT2D eigenvalue weighted by molar-refractivity contribution is 0.396. The number of hydrogen-bond acceptors (Lipinski definition) is 2. The molecule has 0 aliphatic carbocycles. The van der Waals surface area contributed by atoms with Gasteiger partial charge >= 0.3 is 0 Å². The Bertz CT molecular complexity index is 311. The summed E-state index contributed by atoms with van der Waals surface area (Å²) in [6.45, 7) is 7.72. The summed E-state index contributed by atoms with van der Waals surface area (Å²) in [5.41, 5.74) is 1.23. The van der Waals surface area contributed by atoms with E-state index in [1.165, 1.54) is 12.0 Å². The fraction of sp³-hybridized carbons (Fsp3) is 0.571. The Morgan fingerprint density at radius 1 is 1.25 bits per heavy atom. The summed E-state index contributed by atoms with van der Waals surface area (Å²) in [6.07, 6.45) is 1.21. The molecule has 1 rings (SSSR count). The van der Waals surface area contributed by atoms with Crippen LogP contribution in [-0.2, 0) is 0 Å². The normalized spacial score (nSPS) is 14.5. The third-order valence-corrected chi connectivity index (χ3v) is 3.07. The van der Waals surface area contributed by atoms with Crippen LogP contribution in [0.3, 0.4) is 0 Å². The summed E-state index contributed by atoms with van der Waals surface area (Å²) >= 11 is 0. The van der Waals surface area contributed by atoms with Gasteiger partial charge < -0.3 is 10.1 Å². The van der Waals surface area contributed by atoms with Gasteiger partial charge in [-0.05, 0) is 25.5 Å². The van der Waals surface area contributed by atoms with Crippen molar-refractivity contribution in [3.8, 4) is 5.75 Å². The smallest absolute Gasteiger partial charge is 0.123 e. The zero-order valence-electron chi connectivity index (χ0n) is 10.8. The molecule has 0 bridgehead atoms. The Morgan fingerprint density at radius 3 is 2.56 bits per heavy atom. The average Bonchev–Trinajstić information content (AvgIpc) is 2.35. The summed E-state index contributed by atoms with van der Waals surface area (Å²) in [4.78, 5) is 0. The quantitative estimate of drug-likeness (QED) is 0.795. The number of methoxy groups -OCH3 is 1. The van der Waals surface area contributed by atoms with Crippen molar-refractivity contribution in [2.24, 2.45) is 5.92 Å². The molecule has 0 aliphatic rings. The second kappa shape index (κ2) is 6.54. The minimum absolute atomic E-state index is 0.338. The Morgan fingerprint density at radius 2 is 1.94 bits per heavy atom. The van der Waals surface area contributed by atoms with Crippen LogP contribution in [0.2, 0.25) is 0 Å². The molecule has 0 saturated heterocycles. The molecule has 2 atom stereocenters. The van der Waals surface area contributed by atoms with E-state index in [0.29, 0.717) is 6.04 Å². The number of hydrogen-bond donors (Lipinski definition) is 1. The van der Waals surface area contributed by atoms with Crippen molar-refractivity contribution in [3.05, 3.63) is 29.8 Å². The lowest BCUT2D eigenvalue weighted by Gasteiger charge is -2.19. The summed E-state index contributed by atoms with van der Waals surface area (Å²) < 4.78 is 5.36. The molecule has 2 unspecified atom stereocenters. The van der Waals surface area contributed by atoms with Gasteiger partial charge in [0.25, 0.3) is 0 Å². The van der Waals surface area contributed by atoms with Crippen LogP contribution in [0, 0.1) is 5.92 Å². The summed E-state index contributed by atoms with van der Waals surface area (Å²) in [5.74, 6) is 1.68. The van der Waals surface area contributed by atoms with Gasteiger partial charge in [0.2, 0.25) is 0 Å². The lowest BCUT2D eigenvalue weighted by Crippen LogP contribution is -2.24. The van der Waals surface area contributed by atoms with Crippen molar-refractivity contribution in [1.82, 2.24) is 5.32 Å². The molecule has 16 heavy (non-hydrogen) atoms. The topological polar surface area (TPSA) is 21.3 Å². The SMILES string of the molecule is CCC(C)CNC(C)c1ccccc1OC. The molecule has 0 saturated carbocycles. The predicted molar refractivity (Wildman–Crippen MR) is 68.9 cm³/mol. The van der Waals surface area contributed by atoms with Gasteiger partial charge in [0.15, 0.2) is 0 Å². The van der Waals surface area contributed by atoms with Crippen molar-refractivity contribution in [2.75, 3.05) is 13.7 Å². The summed E-state index contributed by atoms with van der Waals surface area (Å²) in [6, 6.07) is 8.53. The maximum atomic E-state index is 5.36. The van der Waals surface area contributed by atoms with Crippen LogP contribution in [0.5, 0.6) is 5.75 Å². The number of nitrogens with one attached hydrogen (secondary N) is 1. The molecule has 0 fully saturated rings. The number of ether oxygens (including phenoxy) is 1. The van der Waals surface area contributed by atoms with Crippen LogP contribution in [0.4, 0.5) is 0 Å². The van der Waals surface area contributed by atoms with Gasteiger partial charge in [-0.25, -0.2) is 0 Å². The van der Waals surface area contributed by atoms with Gasteiger partial charge in [-0.15, -0.1) is 0 Å². The molecule has 90 valence electrons. The molecule has 1 N–H and O–H groups in total. The van der Waals surface area contributed by atoms with Gasteiger partial charge in [0.05, 0.1) is 7.11 Å². The third-order valence-electron chi connectivity index (χ3n) is 3.07. The largest absolute Gasteiger partial charge is 0.496 e. The van der Waals surface area contributed by atoms with Crippen LogP contribution in [0.15, 0.2) is 24.3 Å². The van der Waals surface area contributed by atoms with E-state index in [4.69, 9.17) is 4.74 Å². The molecule has 0 amide bonds. The molecular weight excluding hydrogens is 198 g/mol. The molecule has 0 radical (unpaired) electrons. The minimum atomic E-state index is 0.338. The first kappa shape index (κ1) is 13.0. The van der Waals surface area contributed by atoms with Crippen molar-refractivity contribution in [1.29, 1.82) is 0 Å². The molecule has 1 aromatic rings. The van der Waals surface area contributed by atoms with Crippen molar-refractivity contribution in [2.45, 2.75) is 33.2 Å². The molecule has 2 heteroatoms. The maximum absolute atomic E-state index is 5.36. The zero-order valence-corrected chi connectivity index (χ0v) is 10.8. The van der Waals surface area contributed by atoms with Crippen LogP contribution < -0.4 is 10.1 Å². The van der Waals surface area contributed by atoms with Crippen LogP contribution in [0.25, 0.3) is 0 Å². The first-order valence-electron chi connectivity index (χ1n) is 6.05. The summed E-state index contributed by atoms with van der Waals surface area (Å²) in [7, 11) is 1.72. The van der Waals surface area contributed by atoms with E-state index in [1.54, 1.807) is 7.11 Å². The summed E-state index contributed by atoms with van der Waals surface area (Å²) in [5, 5.41) is 3.54. The zero-order chi connectivity index (χ0) is 12.0. The van der Waals surface area contributed by atoms with E-state index in [1.807, 2.05) is 12.1 Å². The highest BCUT2D eigenvalue weighted by Gasteiger charge is 2.10. The molecule has 0 aliphatic heterocycles. The molecule has 1 aromatic carbocycles. The number of benzene rings is 1. The average molecular weight is 221 g/mol. The fourth-order valence-corrected chi connectivity index (χ4v) is 1.66. The second-order valence-electron chi connectivity index (χ2n) is 4.39. The molecule has 2 nitrogen and oxygen atoms in total. The van der Waals surface area contributed by atoms with Crippen molar-refractivity contribution in [3.63, 3.8) is 0 Å². The Kier molecular flexibility index (Phi) is 5.33. The standard InChI is InChI=1S/C14H23NO/c1-5-11(2)10-15-12(3)13-8-6-7-9-14(13)16-4/h6-9,11-12,15H,5,10H2,1-4H3. The van der Waals surface area contributed by atoms with Crippen molar-refractivity contribution >= 4 is 0 Å². The van der Waals surface area contributed by atoms with E-state index in [2.05, 4.69) is 38.2 Å². The second-order valence-corrected chi connectivity index (χ2v) is 4.39. The third kappa shape index (κ3) is 3.53. The minimum Gasteiger partial charge on any atom is -0.496 e. The van der Waals surface area contributed by atoms with Crippen LogP contribution >= 0.6 is 0 Å². The van der Waals surface area contributed by atoms with E-state index in [-0.39, 0.29) is 0 Å². The van der Waals surface area contributed by atoms with E-state index in [0.717, 1.165) is 18.2 Å². The van der Waals surface area contributed by atoms with Gasteiger partial charge in [-0.2, -0.15) is 0 Å². The Balaban J connectivity index is 2.61. The highest BCUT2D eigenvalue weighted by Crippen LogP contribution is 2.24. The Hall–Kier alpha value is -1.02. The Labute approximate surface area is 99.0 Å². The number of para-hydroxylation sites is 1. The monoisotopic (exact) mass is 221 g/mol. The molecule has 0 heterocycles. The maximum Gasteiger partial charge on any atom is 0.123 e. The highest BCUT2D eigenvalue weighted by molar-refractivity contribution is 5.35. The van der Waals surface area contributed by atoms with Gasteiger partial charge in [-0.3, -0.25) is 0 Å². The van der Waals surface area contributed by atoms with E-state index >= 15 is 0 Å². The molecule has 0 spiro atoms. The molecule has 0 aromatic heterocycles. The van der Waals surface area contributed by atoms with E-state index < -0.39 is 0 Å². The molecular formula is C14H23NO. The first-order valence-corrected chi connectivity index (χ1v) is 6.05. The van der Waals surface area contributed by atoms with Crippen LogP contribution in [-0.4, -0.2) is 13.7 Å². The van der Waals surface area contributed by atoms with Gasteiger partial charge in [0, 0.05) is 11.6 Å². The first-order chi connectivity index (χ1) is 7.69. The van der Waals surface area contributed by atoms with Crippen LogP contribution in [0.1, 0.15) is 38.8 Å². The van der Waals surface area contributed by atoms with E-state index in [9.17, 15) is 0 Å². The lowest BCUT2D eigenvalue weighted by atomic mass is 10.1. The predicted octanol–water partition coefficient (Wildman–Crippen LogP) is 3.39. The highest BCUT2D eigenvalue weighted by atomic mass is 16.5. The van der Waals surface area contributed by atoms with Gasteiger partial charge in [0.1, 0.15) is 5.75 Å². The number of rotatable bonds is 6. The van der Waals surface area contributed by atoms with Gasteiger partial charge in [-0.1, -0.05) is 38.5 Å². The fourth-order valence-electron chi connectivity index (χ4n) is 1.66. The van der Waals surface area contributed by atoms with Crippen molar-refractivity contribution < 1.29 is 4.74 Å².